The lowest BCUT2D eigenvalue weighted by Crippen LogP contribution is -2.19. The molecule has 146 valence electrons. The smallest absolute Gasteiger partial charge is 0.394 e. The second kappa shape index (κ2) is 7.28. The molecule has 4 nitrogen and oxygen atoms in total. The minimum Gasteiger partial charge on any atom is -0.481 e. The van der Waals surface area contributed by atoms with Gasteiger partial charge in [0.15, 0.2) is 11.6 Å². The molecule has 1 aromatic heterocycles. The van der Waals surface area contributed by atoms with E-state index in [1.54, 1.807) is 0 Å². The summed E-state index contributed by atoms with van der Waals surface area (Å²) in [4.78, 5) is 15.2. The summed E-state index contributed by atoms with van der Waals surface area (Å²) >= 11 is 0. The van der Waals surface area contributed by atoms with Crippen LogP contribution in [-0.2, 0) is 17.8 Å². The average molecular weight is 388 g/mol. The van der Waals surface area contributed by atoms with Gasteiger partial charge in [-0.2, -0.15) is 13.2 Å². The Balaban J connectivity index is 2.02. The molecule has 3 rings (SSSR count). The van der Waals surface area contributed by atoms with Gasteiger partial charge in [-0.25, -0.2) is 13.8 Å². The van der Waals surface area contributed by atoms with E-state index in [2.05, 4.69) is 4.98 Å². The van der Waals surface area contributed by atoms with Gasteiger partial charge in [0.2, 0.25) is 0 Å². The summed E-state index contributed by atoms with van der Waals surface area (Å²) in [5.41, 5.74) is -0.0415. The lowest BCUT2D eigenvalue weighted by Gasteiger charge is -2.19. The molecule has 0 amide bonds. The fraction of sp³-hybridized carbons (Fsp3) is 0.444. The van der Waals surface area contributed by atoms with E-state index in [-0.39, 0.29) is 30.0 Å². The first-order chi connectivity index (χ1) is 12.7. The van der Waals surface area contributed by atoms with Gasteiger partial charge in [0, 0.05) is 30.3 Å². The summed E-state index contributed by atoms with van der Waals surface area (Å²) in [5.74, 6) is -4.08. The van der Waals surface area contributed by atoms with Crippen molar-refractivity contribution in [2.45, 2.75) is 50.2 Å². The summed E-state index contributed by atoms with van der Waals surface area (Å²) in [5, 5.41) is 9.11. The van der Waals surface area contributed by atoms with Crippen molar-refractivity contribution in [2.24, 2.45) is 0 Å². The molecule has 2 atom stereocenters. The van der Waals surface area contributed by atoms with Crippen molar-refractivity contribution in [1.82, 2.24) is 9.55 Å². The molecule has 0 aliphatic carbocycles. The van der Waals surface area contributed by atoms with Crippen LogP contribution in [0.15, 0.2) is 24.4 Å². The Morgan fingerprint density at radius 3 is 2.67 bits per heavy atom. The van der Waals surface area contributed by atoms with Gasteiger partial charge in [0.25, 0.3) is 0 Å². The molecular formula is C18H17F5N2O2. The molecule has 2 aromatic rings. The van der Waals surface area contributed by atoms with Crippen molar-refractivity contribution < 1.29 is 31.9 Å². The van der Waals surface area contributed by atoms with Crippen LogP contribution in [-0.4, -0.2) is 26.8 Å². The normalized spacial score (nSPS) is 20.2. The second-order valence-corrected chi connectivity index (χ2v) is 6.72. The Morgan fingerprint density at radius 2 is 2.00 bits per heavy atom. The summed E-state index contributed by atoms with van der Waals surface area (Å²) in [6.07, 6.45) is -4.28. The fourth-order valence-electron chi connectivity index (χ4n) is 3.65. The number of carboxylic acids is 1. The van der Waals surface area contributed by atoms with Crippen molar-refractivity contribution in [3.05, 3.63) is 53.1 Å². The number of carbonyl (C=O) groups is 1. The fourth-order valence-corrected chi connectivity index (χ4v) is 3.65. The van der Waals surface area contributed by atoms with Crippen LogP contribution >= 0.6 is 0 Å². The molecule has 1 N–H and O–H groups in total. The molecule has 9 heteroatoms. The van der Waals surface area contributed by atoms with E-state index in [1.165, 1.54) is 16.7 Å². The number of aromatic nitrogens is 2. The minimum absolute atomic E-state index is 0.0166. The maximum absolute atomic E-state index is 14.2. The Bertz CT molecular complexity index is 847. The number of fused-ring (bicyclic) bond motifs is 1. The van der Waals surface area contributed by atoms with E-state index in [0.29, 0.717) is 12.8 Å². The molecule has 1 aliphatic heterocycles. The maximum atomic E-state index is 14.2. The van der Waals surface area contributed by atoms with Gasteiger partial charge in [0.1, 0.15) is 5.82 Å². The summed E-state index contributed by atoms with van der Waals surface area (Å²) in [7, 11) is 0. The quantitative estimate of drug-likeness (QED) is 0.790. The van der Waals surface area contributed by atoms with E-state index in [4.69, 9.17) is 5.11 Å². The highest BCUT2D eigenvalue weighted by molar-refractivity contribution is 5.67. The third-order valence-corrected chi connectivity index (χ3v) is 4.82. The minimum atomic E-state index is -4.47. The molecule has 2 heterocycles. The third-order valence-electron chi connectivity index (χ3n) is 4.82. The number of benzene rings is 1. The SMILES string of the molecule is O=C(O)C[C@@H]1CC[C@@H](c2cccc(F)c2F)Cn2c(CC(F)(F)F)cnc21. The van der Waals surface area contributed by atoms with Gasteiger partial charge in [-0.15, -0.1) is 0 Å². The van der Waals surface area contributed by atoms with Gasteiger partial charge < -0.3 is 9.67 Å². The lowest BCUT2D eigenvalue weighted by atomic mass is 9.90. The van der Waals surface area contributed by atoms with E-state index in [1.807, 2.05) is 0 Å². The Labute approximate surface area is 151 Å². The largest absolute Gasteiger partial charge is 0.481 e. The molecule has 27 heavy (non-hydrogen) atoms. The van der Waals surface area contributed by atoms with Gasteiger partial charge in [0.05, 0.1) is 12.8 Å². The predicted octanol–water partition coefficient (Wildman–Crippen LogP) is 4.40. The van der Waals surface area contributed by atoms with Crippen molar-refractivity contribution in [3.8, 4) is 0 Å². The van der Waals surface area contributed by atoms with Crippen molar-refractivity contribution >= 4 is 5.97 Å². The topological polar surface area (TPSA) is 55.1 Å². The summed E-state index contributed by atoms with van der Waals surface area (Å²) in [6.45, 7) is -0.0166. The van der Waals surface area contributed by atoms with Crippen molar-refractivity contribution in [2.75, 3.05) is 0 Å². The summed E-state index contributed by atoms with van der Waals surface area (Å²) in [6, 6.07) is 3.72. The number of halogens is 5. The van der Waals surface area contributed by atoms with Gasteiger partial charge in [-0.1, -0.05) is 12.1 Å². The van der Waals surface area contributed by atoms with Crippen LogP contribution in [0.1, 0.15) is 48.2 Å². The van der Waals surface area contributed by atoms with Crippen molar-refractivity contribution in [1.29, 1.82) is 0 Å². The molecule has 1 aliphatic rings. The predicted molar refractivity (Wildman–Crippen MR) is 85.3 cm³/mol. The number of hydrogen-bond donors (Lipinski definition) is 1. The summed E-state index contributed by atoms with van der Waals surface area (Å²) < 4.78 is 67.8. The third kappa shape index (κ3) is 4.28. The number of rotatable bonds is 4. The van der Waals surface area contributed by atoms with Crippen LogP contribution in [0.3, 0.4) is 0 Å². The molecular weight excluding hydrogens is 371 g/mol. The van der Waals surface area contributed by atoms with Crippen LogP contribution in [0.5, 0.6) is 0 Å². The van der Waals surface area contributed by atoms with Crippen LogP contribution in [0, 0.1) is 11.6 Å². The number of imidazole rings is 1. The van der Waals surface area contributed by atoms with Gasteiger partial charge >= 0.3 is 12.1 Å². The van der Waals surface area contributed by atoms with Gasteiger partial charge in [-0.05, 0) is 24.5 Å². The molecule has 0 spiro atoms. The highest BCUT2D eigenvalue weighted by Crippen LogP contribution is 2.38. The molecule has 0 saturated carbocycles. The number of alkyl halides is 3. The Morgan fingerprint density at radius 1 is 1.26 bits per heavy atom. The standard InChI is InChI=1S/C18H17F5N2O2/c19-14-3-1-2-13(16(14)20)11-5-4-10(6-15(26)27)17-24-8-12(25(17)9-11)7-18(21,22)23/h1-3,8,10-11H,4-7,9H2,(H,26,27)/t10-,11+/m0/s1. The first-order valence-electron chi connectivity index (χ1n) is 8.42. The Kier molecular flexibility index (Phi) is 5.21. The molecule has 0 saturated heterocycles. The van der Waals surface area contributed by atoms with E-state index in [0.717, 1.165) is 12.3 Å². The first-order valence-corrected chi connectivity index (χ1v) is 8.42. The van der Waals surface area contributed by atoms with Crippen LogP contribution in [0.2, 0.25) is 0 Å². The zero-order valence-electron chi connectivity index (χ0n) is 14.1. The van der Waals surface area contributed by atoms with Crippen LogP contribution in [0.4, 0.5) is 22.0 Å². The molecule has 0 fully saturated rings. The molecule has 1 aromatic carbocycles. The van der Waals surface area contributed by atoms with Gasteiger partial charge in [-0.3, -0.25) is 4.79 Å². The van der Waals surface area contributed by atoms with Crippen LogP contribution < -0.4 is 0 Å². The lowest BCUT2D eigenvalue weighted by molar-refractivity contribution is -0.137. The average Bonchev–Trinajstić information content (AvgIpc) is 2.83. The maximum Gasteiger partial charge on any atom is 0.394 e. The zero-order chi connectivity index (χ0) is 19.8. The van der Waals surface area contributed by atoms with E-state index < -0.39 is 42.0 Å². The van der Waals surface area contributed by atoms with E-state index >= 15 is 0 Å². The first kappa shape index (κ1) is 19.3. The number of hydrogen-bond acceptors (Lipinski definition) is 2. The molecule has 0 bridgehead atoms. The molecule has 0 unspecified atom stereocenters. The second-order valence-electron chi connectivity index (χ2n) is 6.72. The van der Waals surface area contributed by atoms with Crippen LogP contribution in [0.25, 0.3) is 0 Å². The number of nitrogens with zero attached hydrogens (tertiary/aromatic N) is 2. The van der Waals surface area contributed by atoms with E-state index in [9.17, 15) is 26.7 Å². The zero-order valence-corrected chi connectivity index (χ0v) is 14.1. The van der Waals surface area contributed by atoms with Crippen molar-refractivity contribution in [3.63, 3.8) is 0 Å². The monoisotopic (exact) mass is 388 g/mol. The number of carboxylic acid groups (broad SMARTS) is 1. The Hall–Kier alpha value is -2.45. The molecule has 0 radical (unpaired) electrons. The number of aliphatic carboxylic acids is 1. The highest BCUT2D eigenvalue weighted by Gasteiger charge is 2.34. The highest BCUT2D eigenvalue weighted by atomic mass is 19.4.